The van der Waals surface area contributed by atoms with Gasteiger partial charge in [-0.25, -0.2) is 27.2 Å². The van der Waals surface area contributed by atoms with Crippen LogP contribution in [0.25, 0.3) is 0 Å². The predicted octanol–water partition coefficient (Wildman–Crippen LogP) is 2.29. The van der Waals surface area contributed by atoms with Gasteiger partial charge in [-0.3, -0.25) is 9.53 Å². The Hall–Kier alpha value is -2.91. The van der Waals surface area contributed by atoms with Crippen molar-refractivity contribution in [2.75, 3.05) is 18.0 Å². The van der Waals surface area contributed by atoms with Crippen LogP contribution in [0.1, 0.15) is 25.0 Å². The molecule has 0 unspecified atom stereocenters. The number of amides is 1. The van der Waals surface area contributed by atoms with Gasteiger partial charge >= 0.3 is 6.36 Å². The maximum Gasteiger partial charge on any atom is 0.522 e. The minimum Gasteiger partial charge on any atom is -0.351 e. The van der Waals surface area contributed by atoms with Crippen LogP contribution in [0, 0.1) is 5.82 Å². The topological polar surface area (TPSA) is 105 Å². The Balaban J connectivity index is 1.26. The molecule has 2 saturated heterocycles. The van der Waals surface area contributed by atoms with Crippen LogP contribution in [0.3, 0.4) is 0 Å². The van der Waals surface area contributed by atoms with Crippen molar-refractivity contribution in [3.05, 3.63) is 48.2 Å². The third-order valence-corrected chi connectivity index (χ3v) is 8.80. The summed E-state index contributed by atoms with van der Waals surface area (Å²) in [6, 6.07) is 4.27. The second-order valence-corrected chi connectivity index (χ2v) is 11.1. The normalized spacial score (nSPS) is 23.8. The Morgan fingerprint density at radius 2 is 1.84 bits per heavy atom. The standard InChI is InChI=1S/C22H22F5N5O4S/c23-13-1-3-16(4-2-13)37(34,35)32-17(8-18(24)21(32)5-6-21)20(33)28-9-14-7-19(30-12-29-14)31-10-15(11-31)36-22(25,26)27/h1-4,7,12,15,17-18H,5-6,8-11H2,(H,28,33)/t17-,18+/m0/s1. The first-order valence-corrected chi connectivity index (χ1v) is 12.9. The summed E-state index contributed by atoms with van der Waals surface area (Å²) in [5.41, 5.74) is -0.980. The molecule has 1 amide bonds. The number of nitrogens with zero attached hydrogens (tertiary/aromatic N) is 4. The van der Waals surface area contributed by atoms with Gasteiger partial charge in [-0.05, 0) is 37.1 Å². The molecule has 1 saturated carbocycles. The lowest BCUT2D eigenvalue weighted by atomic mass is 10.1. The predicted molar refractivity (Wildman–Crippen MR) is 118 cm³/mol. The maximum absolute atomic E-state index is 15.0. The summed E-state index contributed by atoms with van der Waals surface area (Å²) in [6.45, 7) is -0.198. The molecule has 0 radical (unpaired) electrons. The number of hydrogen-bond donors (Lipinski definition) is 1. The summed E-state index contributed by atoms with van der Waals surface area (Å²) in [6.07, 6.45) is -5.89. The minimum atomic E-state index is -4.73. The molecular formula is C22H22F5N5O4S. The zero-order valence-corrected chi connectivity index (χ0v) is 20.0. The first kappa shape index (κ1) is 25.7. The zero-order valence-electron chi connectivity index (χ0n) is 19.2. The van der Waals surface area contributed by atoms with Crippen molar-refractivity contribution in [3.63, 3.8) is 0 Å². The summed E-state index contributed by atoms with van der Waals surface area (Å²) in [5, 5.41) is 2.58. The van der Waals surface area contributed by atoms with Gasteiger partial charge < -0.3 is 10.2 Å². The molecule has 1 N–H and O–H groups in total. The van der Waals surface area contributed by atoms with Gasteiger partial charge in [-0.2, -0.15) is 4.31 Å². The van der Waals surface area contributed by atoms with Crippen molar-refractivity contribution in [1.29, 1.82) is 0 Å². The first-order valence-electron chi connectivity index (χ1n) is 11.4. The molecule has 1 aromatic heterocycles. The average molecular weight is 548 g/mol. The van der Waals surface area contributed by atoms with Crippen LogP contribution >= 0.6 is 0 Å². The average Bonchev–Trinajstić information content (AvgIpc) is 3.54. The molecule has 3 fully saturated rings. The Morgan fingerprint density at radius 1 is 1.16 bits per heavy atom. The summed E-state index contributed by atoms with van der Waals surface area (Å²) in [7, 11) is -4.30. The van der Waals surface area contributed by atoms with E-state index in [1.54, 1.807) is 4.90 Å². The van der Waals surface area contributed by atoms with Crippen LogP contribution in [0.2, 0.25) is 0 Å². The van der Waals surface area contributed by atoms with E-state index < -0.39 is 52.0 Å². The Kier molecular flexibility index (Phi) is 6.35. The number of alkyl halides is 4. The number of sulfonamides is 1. The Morgan fingerprint density at radius 3 is 2.46 bits per heavy atom. The molecule has 0 bridgehead atoms. The van der Waals surface area contributed by atoms with Gasteiger partial charge in [0.2, 0.25) is 15.9 Å². The monoisotopic (exact) mass is 547 g/mol. The zero-order chi connectivity index (χ0) is 26.6. The van der Waals surface area contributed by atoms with E-state index in [1.807, 2.05) is 0 Å². The second-order valence-electron chi connectivity index (χ2n) is 9.25. The molecule has 3 aliphatic rings. The van der Waals surface area contributed by atoms with Crippen molar-refractivity contribution < 1.29 is 39.9 Å². The van der Waals surface area contributed by atoms with Gasteiger partial charge in [0.05, 0.1) is 22.7 Å². The quantitative estimate of drug-likeness (QED) is 0.531. The Bertz CT molecular complexity index is 1280. The van der Waals surface area contributed by atoms with Gasteiger partial charge in [-0.1, -0.05) is 0 Å². The Labute approximate surface area is 208 Å². The number of ether oxygens (including phenoxy) is 1. The highest BCUT2D eigenvalue weighted by molar-refractivity contribution is 7.89. The number of nitrogens with one attached hydrogen (secondary N) is 1. The molecule has 200 valence electrons. The SMILES string of the molecule is O=C(NCc1cc(N2CC(OC(F)(F)F)C2)ncn1)[C@@H]1C[C@@H](F)C2(CC2)N1S(=O)(=O)c1ccc(F)cc1. The molecule has 5 rings (SSSR count). The van der Waals surface area contributed by atoms with E-state index in [0.717, 1.165) is 28.6 Å². The number of hydrogen-bond acceptors (Lipinski definition) is 7. The van der Waals surface area contributed by atoms with Gasteiger partial charge in [0, 0.05) is 25.6 Å². The molecule has 2 aromatic rings. The highest BCUT2D eigenvalue weighted by Crippen LogP contribution is 2.55. The molecule has 2 aliphatic heterocycles. The van der Waals surface area contributed by atoms with Crippen LogP contribution in [-0.4, -0.2) is 71.9 Å². The summed E-state index contributed by atoms with van der Waals surface area (Å²) >= 11 is 0. The number of carbonyl (C=O) groups excluding carboxylic acids is 1. The van der Waals surface area contributed by atoms with Gasteiger partial charge in [-0.15, -0.1) is 13.2 Å². The molecular weight excluding hydrogens is 525 g/mol. The van der Waals surface area contributed by atoms with Crippen LogP contribution in [-0.2, 0) is 26.1 Å². The second kappa shape index (κ2) is 9.13. The fourth-order valence-electron chi connectivity index (χ4n) is 4.80. The number of benzene rings is 1. The fourth-order valence-corrected chi connectivity index (χ4v) is 6.80. The maximum atomic E-state index is 15.0. The molecule has 2 atom stereocenters. The van der Waals surface area contributed by atoms with Gasteiger partial charge in [0.1, 0.15) is 36.3 Å². The van der Waals surface area contributed by atoms with E-state index in [4.69, 9.17) is 0 Å². The van der Waals surface area contributed by atoms with E-state index >= 15 is 0 Å². The smallest absolute Gasteiger partial charge is 0.351 e. The number of aromatic nitrogens is 2. The van der Waals surface area contributed by atoms with Crippen LogP contribution in [0.15, 0.2) is 41.6 Å². The fraction of sp³-hybridized carbons (Fsp3) is 0.500. The van der Waals surface area contributed by atoms with Crippen LogP contribution < -0.4 is 10.2 Å². The van der Waals surface area contributed by atoms with Crippen molar-refractivity contribution in [3.8, 4) is 0 Å². The van der Waals surface area contributed by atoms with E-state index in [1.165, 1.54) is 12.4 Å². The van der Waals surface area contributed by atoms with Crippen molar-refractivity contribution >= 4 is 21.7 Å². The molecule has 1 aliphatic carbocycles. The van der Waals surface area contributed by atoms with E-state index in [-0.39, 0.29) is 43.8 Å². The van der Waals surface area contributed by atoms with Crippen LogP contribution in [0.5, 0.6) is 0 Å². The summed E-state index contributed by atoms with van der Waals surface area (Å²) in [4.78, 5) is 22.4. The van der Waals surface area contributed by atoms with Gasteiger partial charge in [0.25, 0.3) is 0 Å². The first-order chi connectivity index (χ1) is 17.4. The van der Waals surface area contributed by atoms with E-state index in [9.17, 15) is 35.2 Å². The molecule has 9 nitrogen and oxygen atoms in total. The summed E-state index contributed by atoms with van der Waals surface area (Å²) in [5.74, 6) is -1.02. The third-order valence-electron chi connectivity index (χ3n) is 6.80. The minimum absolute atomic E-state index is 0.0272. The highest BCUT2D eigenvalue weighted by Gasteiger charge is 2.67. The lowest BCUT2D eigenvalue weighted by Gasteiger charge is -2.39. The molecule has 37 heavy (non-hydrogen) atoms. The van der Waals surface area contributed by atoms with Crippen molar-refractivity contribution in [2.24, 2.45) is 0 Å². The van der Waals surface area contributed by atoms with Gasteiger partial charge in [0.15, 0.2) is 0 Å². The molecule has 1 spiro atoms. The highest BCUT2D eigenvalue weighted by atomic mass is 32.2. The molecule has 3 heterocycles. The molecule has 15 heteroatoms. The lowest BCUT2D eigenvalue weighted by Crippen LogP contribution is -2.54. The number of carbonyl (C=O) groups is 1. The van der Waals surface area contributed by atoms with Crippen LogP contribution in [0.4, 0.5) is 27.8 Å². The number of anilines is 1. The van der Waals surface area contributed by atoms with Crippen molar-refractivity contribution in [2.45, 2.75) is 60.9 Å². The molecule has 1 aromatic carbocycles. The van der Waals surface area contributed by atoms with Crippen molar-refractivity contribution in [1.82, 2.24) is 19.6 Å². The largest absolute Gasteiger partial charge is 0.522 e. The van der Waals surface area contributed by atoms with E-state index in [0.29, 0.717) is 11.5 Å². The lowest BCUT2D eigenvalue weighted by molar-refractivity contribution is -0.344. The number of halogens is 5. The van der Waals surface area contributed by atoms with E-state index in [2.05, 4.69) is 20.0 Å². The summed E-state index contributed by atoms with van der Waals surface area (Å²) < 4.78 is 96.9. The number of rotatable bonds is 7. The third kappa shape index (κ3) is 4.99.